The summed E-state index contributed by atoms with van der Waals surface area (Å²) in [7, 11) is 1.73. The molecule has 120 valence electrons. The van der Waals surface area contributed by atoms with Crippen molar-refractivity contribution in [2.45, 2.75) is 38.8 Å². The largest absolute Gasteiger partial charge is 0.383 e. The molecular weight excluding hydrogens is 307 g/mol. The van der Waals surface area contributed by atoms with Gasteiger partial charge in [0.2, 0.25) is 0 Å². The van der Waals surface area contributed by atoms with Gasteiger partial charge in [-0.25, -0.2) is 0 Å². The maximum absolute atomic E-state index is 6.28. The predicted molar refractivity (Wildman–Crippen MR) is 91.2 cm³/mol. The normalized spacial score (nSPS) is 14.4. The van der Waals surface area contributed by atoms with Gasteiger partial charge in [-0.3, -0.25) is 4.90 Å². The SMILES string of the molecule is CCC(C)N(CCOC)CCC(N)c1cccc(Cl)c1Cl. The summed E-state index contributed by atoms with van der Waals surface area (Å²) in [5.41, 5.74) is 7.20. The maximum Gasteiger partial charge on any atom is 0.0640 e. The third kappa shape index (κ3) is 5.76. The van der Waals surface area contributed by atoms with Crippen LogP contribution in [-0.2, 0) is 4.74 Å². The van der Waals surface area contributed by atoms with Gasteiger partial charge >= 0.3 is 0 Å². The summed E-state index contributed by atoms with van der Waals surface area (Å²) in [5, 5.41) is 1.13. The molecule has 1 aromatic rings. The van der Waals surface area contributed by atoms with Gasteiger partial charge in [-0.2, -0.15) is 0 Å². The molecule has 0 radical (unpaired) electrons. The molecule has 3 nitrogen and oxygen atoms in total. The summed E-state index contributed by atoms with van der Waals surface area (Å²) in [6, 6.07) is 6.03. The third-order valence-electron chi connectivity index (χ3n) is 3.91. The molecule has 0 aliphatic carbocycles. The molecule has 0 aliphatic heterocycles. The van der Waals surface area contributed by atoms with Crippen molar-refractivity contribution in [2.75, 3.05) is 26.8 Å². The number of halogens is 2. The average Bonchev–Trinajstić information content (AvgIpc) is 2.49. The zero-order valence-corrected chi connectivity index (χ0v) is 14.6. The Balaban J connectivity index is 2.63. The van der Waals surface area contributed by atoms with E-state index in [2.05, 4.69) is 18.7 Å². The van der Waals surface area contributed by atoms with Crippen LogP contribution in [0, 0.1) is 0 Å². The number of nitrogens with zero attached hydrogens (tertiary/aromatic N) is 1. The molecule has 0 bridgehead atoms. The van der Waals surface area contributed by atoms with Gasteiger partial charge in [0.15, 0.2) is 0 Å². The quantitative estimate of drug-likeness (QED) is 0.738. The molecule has 0 aliphatic rings. The Morgan fingerprint density at radius 2 is 2.00 bits per heavy atom. The average molecular weight is 333 g/mol. The van der Waals surface area contributed by atoms with Crippen LogP contribution in [0.25, 0.3) is 0 Å². The van der Waals surface area contributed by atoms with Crippen molar-refractivity contribution in [1.29, 1.82) is 0 Å². The van der Waals surface area contributed by atoms with E-state index >= 15 is 0 Å². The van der Waals surface area contributed by atoms with E-state index < -0.39 is 0 Å². The summed E-state index contributed by atoms with van der Waals surface area (Å²) >= 11 is 12.3. The van der Waals surface area contributed by atoms with Crippen LogP contribution < -0.4 is 5.73 Å². The lowest BCUT2D eigenvalue weighted by molar-refractivity contribution is 0.120. The molecule has 0 saturated heterocycles. The van der Waals surface area contributed by atoms with Crippen molar-refractivity contribution >= 4 is 23.2 Å². The Labute approximate surface area is 138 Å². The lowest BCUT2D eigenvalue weighted by atomic mass is 10.0. The third-order valence-corrected chi connectivity index (χ3v) is 4.74. The first-order chi connectivity index (χ1) is 10.0. The predicted octanol–water partition coefficient (Wildman–Crippen LogP) is 4.13. The van der Waals surface area contributed by atoms with Crippen LogP contribution in [0.3, 0.4) is 0 Å². The molecule has 2 N–H and O–H groups in total. The summed E-state index contributed by atoms with van der Waals surface area (Å²) in [4.78, 5) is 2.40. The molecule has 0 heterocycles. The molecule has 5 heteroatoms. The lowest BCUT2D eigenvalue weighted by Crippen LogP contribution is -2.37. The van der Waals surface area contributed by atoms with Gasteiger partial charge in [0.1, 0.15) is 0 Å². The maximum atomic E-state index is 6.28. The molecule has 0 fully saturated rings. The molecule has 1 aromatic carbocycles. The van der Waals surface area contributed by atoms with Gasteiger partial charge in [0.25, 0.3) is 0 Å². The minimum Gasteiger partial charge on any atom is -0.383 e. The van der Waals surface area contributed by atoms with Gasteiger partial charge in [0, 0.05) is 32.3 Å². The number of hydrogen-bond acceptors (Lipinski definition) is 3. The number of rotatable bonds is 9. The highest BCUT2D eigenvalue weighted by Gasteiger charge is 2.16. The second-order valence-corrected chi connectivity index (χ2v) is 6.11. The second-order valence-electron chi connectivity index (χ2n) is 5.32. The van der Waals surface area contributed by atoms with Gasteiger partial charge < -0.3 is 10.5 Å². The first kappa shape index (κ1) is 18.7. The van der Waals surface area contributed by atoms with Gasteiger partial charge in [0.05, 0.1) is 16.7 Å². The number of methoxy groups -OCH3 is 1. The second kappa shape index (κ2) is 9.65. The molecule has 0 amide bonds. The number of benzene rings is 1. The minimum absolute atomic E-state index is 0.106. The fourth-order valence-corrected chi connectivity index (χ4v) is 2.73. The molecule has 2 atom stereocenters. The Hall–Kier alpha value is -0.320. The van der Waals surface area contributed by atoms with E-state index in [-0.39, 0.29) is 6.04 Å². The van der Waals surface area contributed by atoms with E-state index in [0.717, 1.165) is 38.1 Å². The zero-order chi connectivity index (χ0) is 15.8. The van der Waals surface area contributed by atoms with Crippen LogP contribution in [0.4, 0.5) is 0 Å². The van der Waals surface area contributed by atoms with E-state index in [1.165, 1.54) is 0 Å². The first-order valence-corrected chi connectivity index (χ1v) is 8.19. The van der Waals surface area contributed by atoms with Crippen LogP contribution in [0.15, 0.2) is 18.2 Å². The molecule has 0 saturated carbocycles. The van der Waals surface area contributed by atoms with E-state index in [1.807, 2.05) is 12.1 Å². The fourth-order valence-electron chi connectivity index (χ4n) is 2.29. The highest BCUT2D eigenvalue weighted by atomic mass is 35.5. The van der Waals surface area contributed by atoms with Gasteiger partial charge in [-0.1, -0.05) is 42.3 Å². The van der Waals surface area contributed by atoms with Gasteiger partial charge in [-0.15, -0.1) is 0 Å². The molecule has 2 unspecified atom stereocenters. The van der Waals surface area contributed by atoms with Crippen molar-refractivity contribution in [2.24, 2.45) is 5.73 Å². The van der Waals surface area contributed by atoms with Crippen molar-refractivity contribution in [1.82, 2.24) is 4.90 Å². The topological polar surface area (TPSA) is 38.5 Å². The van der Waals surface area contributed by atoms with Crippen molar-refractivity contribution in [3.05, 3.63) is 33.8 Å². The Bertz CT molecular complexity index is 429. The van der Waals surface area contributed by atoms with Crippen LogP contribution in [0.1, 0.15) is 38.3 Å². The van der Waals surface area contributed by atoms with Crippen molar-refractivity contribution < 1.29 is 4.74 Å². The standard InChI is InChI=1S/C16H26Cl2N2O/c1-4-12(2)20(10-11-21-3)9-8-15(19)13-6-5-7-14(17)16(13)18/h5-7,12,15H,4,8-11,19H2,1-3H3. The van der Waals surface area contributed by atoms with Crippen LogP contribution >= 0.6 is 23.2 Å². The molecule has 1 rings (SSSR count). The van der Waals surface area contributed by atoms with Crippen LogP contribution in [-0.4, -0.2) is 37.7 Å². The fraction of sp³-hybridized carbons (Fsp3) is 0.625. The highest BCUT2D eigenvalue weighted by molar-refractivity contribution is 6.42. The van der Waals surface area contributed by atoms with Crippen molar-refractivity contribution in [3.63, 3.8) is 0 Å². The molecular formula is C16H26Cl2N2O. The number of nitrogens with two attached hydrogens (primary N) is 1. The zero-order valence-electron chi connectivity index (χ0n) is 13.1. The first-order valence-electron chi connectivity index (χ1n) is 7.43. The van der Waals surface area contributed by atoms with E-state index in [4.69, 9.17) is 33.7 Å². The number of hydrogen-bond donors (Lipinski definition) is 1. The summed E-state index contributed by atoms with van der Waals surface area (Å²) in [6.45, 7) is 6.99. The van der Waals surface area contributed by atoms with E-state index in [1.54, 1.807) is 13.2 Å². The van der Waals surface area contributed by atoms with Crippen molar-refractivity contribution in [3.8, 4) is 0 Å². The Morgan fingerprint density at radius 3 is 2.62 bits per heavy atom. The summed E-state index contributed by atoms with van der Waals surface area (Å²) in [5.74, 6) is 0. The van der Waals surface area contributed by atoms with E-state index in [9.17, 15) is 0 Å². The minimum atomic E-state index is -0.106. The molecule has 21 heavy (non-hydrogen) atoms. The Kier molecular flexibility index (Phi) is 8.60. The van der Waals surface area contributed by atoms with E-state index in [0.29, 0.717) is 16.1 Å². The molecule has 0 spiro atoms. The summed E-state index contributed by atoms with van der Waals surface area (Å²) in [6.07, 6.45) is 1.95. The smallest absolute Gasteiger partial charge is 0.0640 e. The lowest BCUT2D eigenvalue weighted by Gasteiger charge is -2.29. The van der Waals surface area contributed by atoms with Gasteiger partial charge in [-0.05, 0) is 31.4 Å². The highest BCUT2D eigenvalue weighted by Crippen LogP contribution is 2.30. The van der Waals surface area contributed by atoms with Crippen LogP contribution in [0.5, 0.6) is 0 Å². The number of ether oxygens (including phenoxy) is 1. The molecule has 0 aromatic heterocycles. The summed E-state index contributed by atoms with van der Waals surface area (Å²) < 4.78 is 5.18. The van der Waals surface area contributed by atoms with Crippen LogP contribution in [0.2, 0.25) is 10.0 Å². The monoisotopic (exact) mass is 332 g/mol. The Morgan fingerprint density at radius 1 is 1.29 bits per heavy atom.